The number of hydrogen-bond acceptors (Lipinski definition) is 3. The molecule has 100 valence electrons. The van der Waals surface area contributed by atoms with Crippen LogP contribution in [0.2, 0.25) is 0 Å². The fourth-order valence-corrected chi connectivity index (χ4v) is 2.87. The van der Waals surface area contributed by atoms with Crippen LogP contribution in [-0.4, -0.2) is 17.1 Å². The minimum atomic E-state index is -0.265. The third kappa shape index (κ3) is 2.36. The molecule has 2 rings (SSSR count). The van der Waals surface area contributed by atoms with Gasteiger partial charge in [0.2, 0.25) is 0 Å². The Balaban J connectivity index is 2.42. The third-order valence-electron chi connectivity index (χ3n) is 4.31. The zero-order valence-electron chi connectivity index (χ0n) is 11.7. The molecule has 0 amide bonds. The van der Waals surface area contributed by atoms with Gasteiger partial charge in [0.25, 0.3) is 0 Å². The second-order valence-electron chi connectivity index (χ2n) is 5.52. The van der Waals surface area contributed by atoms with Crippen LogP contribution in [0.4, 0.5) is 0 Å². The number of aromatic nitrogens is 2. The predicted molar refractivity (Wildman–Crippen MR) is 75.2 cm³/mol. The first kappa shape index (κ1) is 13.7. The zero-order valence-corrected chi connectivity index (χ0v) is 12.5. The second-order valence-corrected chi connectivity index (χ2v) is 5.91. The maximum atomic E-state index is 5.82. The summed E-state index contributed by atoms with van der Waals surface area (Å²) in [7, 11) is 1.78. The number of nitrogens with one attached hydrogen (secondary N) is 1. The normalized spacial score (nSPS) is 28.3. The quantitative estimate of drug-likeness (QED) is 0.827. The van der Waals surface area contributed by atoms with Gasteiger partial charge in [0.1, 0.15) is 16.1 Å². The summed E-state index contributed by atoms with van der Waals surface area (Å²) in [4.78, 5) is 7.95. The number of aryl methyl sites for hydroxylation is 1. The molecule has 4 heteroatoms. The van der Waals surface area contributed by atoms with Crippen molar-refractivity contribution in [3.63, 3.8) is 0 Å². The number of hydrogen-bond donors (Lipinski definition) is 1. The van der Waals surface area contributed by atoms with Crippen molar-refractivity contribution in [2.45, 2.75) is 52.1 Å². The molecule has 1 aliphatic rings. The van der Waals surface area contributed by atoms with E-state index in [1.165, 1.54) is 12.8 Å². The van der Waals surface area contributed by atoms with E-state index in [-0.39, 0.29) is 5.60 Å². The highest BCUT2D eigenvalue weighted by Crippen LogP contribution is 2.40. The lowest BCUT2D eigenvalue weighted by Gasteiger charge is -2.37. The molecule has 0 bridgehead atoms. The average molecular weight is 266 g/mol. The Morgan fingerprint density at radius 3 is 2.44 bits per heavy atom. The smallest absolute Gasteiger partial charge is 0.140 e. The van der Waals surface area contributed by atoms with Crippen molar-refractivity contribution in [2.75, 3.05) is 7.11 Å². The lowest BCUT2D eigenvalue weighted by molar-refractivity contribution is -0.0599. The van der Waals surface area contributed by atoms with Gasteiger partial charge in [-0.25, -0.2) is 4.98 Å². The summed E-state index contributed by atoms with van der Waals surface area (Å²) in [5.74, 6) is 1.69. The Morgan fingerprint density at radius 1 is 1.33 bits per heavy atom. The second kappa shape index (κ2) is 5.10. The van der Waals surface area contributed by atoms with Crippen molar-refractivity contribution in [1.82, 2.24) is 9.97 Å². The molecule has 0 spiro atoms. The summed E-state index contributed by atoms with van der Waals surface area (Å²) in [5.41, 5.74) is 1.89. The van der Waals surface area contributed by atoms with Crippen LogP contribution in [0.3, 0.4) is 0 Å². The molecule has 1 N–H and O–H groups in total. The summed E-state index contributed by atoms with van der Waals surface area (Å²) < 4.78 is 6.51. The first-order valence-corrected chi connectivity index (χ1v) is 7.02. The highest BCUT2D eigenvalue weighted by atomic mass is 32.1. The largest absolute Gasteiger partial charge is 0.370 e. The summed E-state index contributed by atoms with van der Waals surface area (Å²) in [5, 5.41) is 0. The maximum absolute atomic E-state index is 5.82. The van der Waals surface area contributed by atoms with E-state index in [0.717, 1.165) is 35.8 Å². The minimum absolute atomic E-state index is 0.265. The summed E-state index contributed by atoms with van der Waals surface area (Å²) >= 11 is 5.33. The van der Waals surface area contributed by atoms with Crippen molar-refractivity contribution >= 4 is 12.2 Å². The van der Waals surface area contributed by atoms with E-state index in [0.29, 0.717) is 4.64 Å². The lowest BCUT2D eigenvalue weighted by Crippen LogP contribution is -2.35. The monoisotopic (exact) mass is 266 g/mol. The number of ether oxygens (including phenoxy) is 1. The van der Waals surface area contributed by atoms with E-state index in [4.69, 9.17) is 17.0 Å². The van der Waals surface area contributed by atoms with Crippen molar-refractivity contribution in [3.8, 4) is 0 Å². The predicted octanol–water partition coefficient (Wildman–Crippen LogP) is 3.81. The molecule has 1 saturated carbocycles. The van der Waals surface area contributed by atoms with Gasteiger partial charge in [-0.05, 0) is 45.4 Å². The van der Waals surface area contributed by atoms with Crippen LogP contribution in [0.1, 0.15) is 49.7 Å². The SMILES string of the molecule is COC1(c2nc(=S)c(C)c(C)[nH]2)CCC(C)CC1. The molecule has 1 heterocycles. The number of aromatic amines is 1. The van der Waals surface area contributed by atoms with E-state index in [1.807, 2.05) is 13.8 Å². The molecule has 0 aromatic carbocycles. The van der Waals surface area contributed by atoms with Gasteiger partial charge < -0.3 is 9.72 Å². The first-order chi connectivity index (χ1) is 8.48. The number of nitrogens with zero attached hydrogens (tertiary/aromatic N) is 1. The Hall–Kier alpha value is -0.740. The van der Waals surface area contributed by atoms with Crippen LogP contribution in [-0.2, 0) is 10.3 Å². The van der Waals surface area contributed by atoms with E-state index in [1.54, 1.807) is 7.11 Å². The van der Waals surface area contributed by atoms with Crippen molar-refractivity contribution < 1.29 is 4.74 Å². The number of H-pyrrole nitrogens is 1. The van der Waals surface area contributed by atoms with Gasteiger partial charge in [0, 0.05) is 18.4 Å². The minimum Gasteiger partial charge on any atom is -0.370 e. The van der Waals surface area contributed by atoms with Crippen LogP contribution < -0.4 is 0 Å². The fourth-order valence-electron chi connectivity index (χ4n) is 2.63. The average Bonchev–Trinajstić information content (AvgIpc) is 2.37. The molecule has 0 unspecified atom stereocenters. The van der Waals surface area contributed by atoms with Crippen molar-refractivity contribution in [2.24, 2.45) is 5.92 Å². The highest BCUT2D eigenvalue weighted by Gasteiger charge is 2.38. The van der Waals surface area contributed by atoms with Crippen LogP contribution in [0.5, 0.6) is 0 Å². The van der Waals surface area contributed by atoms with Crippen LogP contribution in [0.15, 0.2) is 0 Å². The van der Waals surface area contributed by atoms with E-state index >= 15 is 0 Å². The van der Waals surface area contributed by atoms with Gasteiger partial charge in [-0.2, -0.15) is 0 Å². The van der Waals surface area contributed by atoms with E-state index < -0.39 is 0 Å². The molecule has 0 radical (unpaired) electrons. The van der Waals surface area contributed by atoms with E-state index in [2.05, 4.69) is 16.9 Å². The van der Waals surface area contributed by atoms with Gasteiger partial charge in [0.05, 0.1) is 0 Å². The highest BCUT2D eigenvalue weighted by molar-refractivity contribution is 7.71. The van der Waals surface area contributed by atoms with Gasteiger partial charge in [-0.15, -0.1) is 0 Å². The lowest BCUT2D eigenvalue weighted by atomic mass is 9.79. The number of rotatable bonds is 2. The van der Waals surface area contributed by atoms with E-state index in [9.17, 15) is 0 Å². The van der Waals surface area contributed by atoms with Crippen LogP contribution in [0.25, 0.3) is 0 Å². The molecule has 1 aromatic heterocycles. The molecule has 0 aliphatic heterocycles. The van der Waals surface area contributed by atoms with Gasteiger partial charge in [0.15, 0.2) is 0 Å². The molecule has 18 heavy (non-hydrogen) atoms. The Labute approximate surface area is 114 Å². The maximum Gasteiger partial charge on any atom is 0.140 e. The fraction of sp³-hybridized carbons (Fsp3) is 0.714. The van der Waals surface area contributed by atoms with Gasteiger partial charge in [-0.3, -0.25) is 0 Å². The van der Waals surface area contributed by atoms with Crippen LogP contribution >= 0.6 is 12.2 Å². The van der Waals surface area contributed by atoms with Crippen molar-refractivity contribution in [3.05, 3.63) is 21.7 Å². The molecule has 0 saturated heterocycles. The summed E-state index contributed by atoms with van der Waals surface area (Å²) in [6, 6.07) is 0. The molecule has 1 aromatic rings. The molecule has 1 aliphatic carbocycles. The van der Waals surface area contributed by atoms with Gasteiger partial charge in [-0.1, -0.05) is 19.1 Å². The zero-order chi connectivity index (χ0) is 13.3. The topological polar surface area (TPSA) is 37.9 Å². The van der Waals surface area contributed by atoms with Gasteiger partial charge >= 0.3 is 0 Å². The Bertz CT molecular complexity index is 487. The molecule has 1 fully saturated rings. The summed E-state index contributed by atoms with van der Waals surface area (Å²) in [6.07, 6.45) is 4.41. The van der Waals surface area contributed by atoms with Crippen molar-refractivity contribution in [1.29, 1.82) is 0 Å². The Morgan fingerprint density at radius 2 is 1.94 bits per heavy atom. The standard InChI is InChI=1S/C14H22N2OS/c1-9-5-7-14(17-4,8-6-9)13-15-11(3)10(2)12(18)16-13/h9H,5-8H2,1-4H3,(H,15,16,18). The molecule has 0 atom stereocenters. The molecular weight excluding hydrogens is 244 g/mol. The molecular formula is C14H22N2OS. The summed E-state index contributed by atoms with van der Waals surface area (Å²) in [6.45, 7) is 6.36. The first-order valence-electron chi connectivity index (χ1n) is 6.61. The Kier molecular flexibility index (Phi) is 3.87. The third-order valence-corrected chi connectivity index (χ3v) is 4.70. The molecule has 3 nitrogen and oxygen atoms in total. The van der Waals surface area contributed by atoms with Crippen LogP contribution in [0, 0.1) is 24.4 Å². The number of methoxy groups -OCH3 is 1.